The van der Waals surface area contributed by atoms with Crippen LogP contribution < -0.4 is 0 Å². The first-order valence-corrected chi connectivity index (χ1v) is 13.4. The SMILES string of the molecule is N#Cc1ccccc1-c1ccc2nc(-c3ccc(Cl)cc3)c(CN3CCN(C(=O)c4cccc(F)c4)CC3)n2c1. The molecular formula is C32H25ClFN5O. The van der Waals surface area contributed by atoms with Gasteiger partial charge >= 0.3 is 0 Å². The molecule has 3 aromatic carbocycles. The van der Waals surface area contributed by atoms with Gasteiger partial charge in [0.15, 0.2) is 0 Å². The second-order valence-electron chi connectivity index (χ2n) is 9.80. The topological polar surface area (TPSA) is 64.6 Å². The number of hydrogen-bond acceptors (Lipinski definition) is 4. The third kappa shape index (κ3) is 5.07. The molecule has 0 bridgehead atoms. The number of benzene rings is 3. The fourth-order valence-corrected chi connectivity index (χ4v) is 5.33. The Hall–Kier alpha value is -4.51. The molecule has 1 amide bonds. The number of piperazine rings is 1. The first kappa shape index (κ1) is 25.8. The van der Waals surface area contributed by atoms with Gasteiger partial charge in [-0.05, 0) is 54.1 Å². The average Bonchev–Trinajstić information content (AvgIpc) is 3.34. The summed E-state index contributed by atoms with van der Waals surface area (Å²) in [5, 5.41) is 10.3. The summed E-state index contributed by atoms with van der Waals surface area (Å²) in [6.07, 6.45) is 2.04. The van der Waals surface area contributed by atoms with Crippen LogP contribution in [-0.2, 0) is 6.54 Å². The Morgan fingerprint density at radius 2 is 1.68 bits per heavy atom. The normalized spacial score (nSPS) is 13.9. The van der Waals surface area contributed by atoms with E-state index in [4.69, 9.17) is 16.6 Å². The smallest absolute Gasteiger partial charge is 0.254 e. The molecule has 1 saturated heterocycles. The van der Waals surface area contributed by atoms with Gasteiger partial charge in [-0.3, -0.25) is 9.69 Å². The summed E-state index contributed by atoms with van der Waals surface area (Å²) in [5.74, 6) is -0.569. The van der Waals surface area contributed by atoms with Gasteiger partial charge in [-0.15, -0.1) is 0 Å². The number of imidazole rings is 1. The van der Waals surface area contributed by atoms with Crippen molar-refractivity contribution in [3.8, 4) is 28.5 Å². The first-order chi connectivity index (χ1) is 19.5. The molecule has 0 atom stereocenters. The number of carbonyl (C=O) groups is 1. The molecule has 1 fully saturated rings. The van der Waals surface area contributed by atoms with E-state index >= 15 is 0 Å². The lowest BCUT2D eigenvalue weighted by molar-refractivity contribution is 0.0626. The maximum atomic E-state index is 13.7. The second kappa shape index (κ2) is 10.9. The molecule has 198 valence electrons. The number of carbonyl (C=O) groups excluding carboxylic acids is 1. The highest BCUT2D eigenvalue weighted by Crippen LogP contribution is 2.30. The van der Waals surface area contributed by atoms with Crippen LogP contribution >= 0.6 is 11.6 Å². The molecular weight excluding hydrogens is 525 g/mol. The Kier molecular flexibility index (Phi) is 7.04. The number of nitrogens with zero attached hydrogens (tertiary/aromatic N) is 5. The summed E-state index contributed by atoms with van der Waals surface area (Å²) in [6.45, 7) is 3.05. The summed E-state index contributed by atoms with van der Waals surface area (Å²) >= 11 is 6.17. The molecule has 8 heteroatoms. The van der Waals surface area contributed by atoms with E-state index in [1.54, 1.807) is 17.0 Å². The van der Waals surface area contributed by atoms with Gasteiger partial charge in [-0.25, -0.2) is 9.37 Å². The van der Waals surface area contributed by atoms with E-state index in [2.05, 4.69) is 15.4 Å². The highest BCUT2D eigenvalue weighted by molar-refractivity contribution is 6.30. The maximum absolute atomic E-state index is 13.7. The second-order valence-corrected chi connectivity index (χ2v) is 10.2. The van der Waals surface area contributed by atoms with Crippen LogP contribution in [0.15, 0.2) is 91.1 Å². The number of rotatable bonds is 5. The Bertz CT molecular complexity index is 1750. The van der Waals surface area contributed by atoms with Crippen LogP contribution in [0.2, 0.25) is 5.02 Å². The van der Waals surface area contributed by atoms with Crippen molar-refractivity contribution in [3.05, 3.63) is 119 Å². The predicted molar refractivity (Wildman–Crippen MR) is 153 cm³/mol. The van der Waals surface area contributed by atoms with E-state index in [-0.39, 0.29) is 5.91 Å². The molecule has 0 saturated carbocycles. The lowest BCUT2D eigenvalue weighted by Crippen LogP contribution is -2.48. The van der Waals surface area contributed by atoms with Crippen LogP contribution in [0.4, 0.5) is 4.39 Å². The lowest BCUT2D eigenvalue weighted by Gasteiger charge is -2.34. The van der Waals surface area contributed by atoms with Crippen molar-refractivity contribution in [2.24, 2.45) is 0 Å². The van der Waals surface area contributed by atoms with Gasteiger partial charge in [0.05, 0.1) is 23.0 Å². The fourth-order valence-electron chi connectivity index (χ4n) is 5.20. The maximum Gasteiger partial charge on any atom is 0.254 e. The lowest BCUT2D eigenvalue weighted by atomic mass is 10.0. The first-order valence-electron chi connectivity index (χ1n) is 13.0. The van der Waals surface area contributed by atoms with Gasteiger partial charge < -0.3 is 9.30 Å². The molecule has 0 aliphatic carbocycles. The standard InChI is InChI=1S/C32H25ClFN5O/c33-26-11-8-22(9-12-26)31-29(21-37-14-16-38(17-15-37)32(40)23-5-3-6-27(34)18-23)39-20-25(10-13-30(39)36-31)28-7-2-1-4-24(28)19-35/h1-13,18,20H,14-17,21H2. The minimum Gasteiger partial charge on any atom is -0.336 e. The monoisotopic (exact) mass is 549 g/mol. The number of pyridine rings is 1. The molecule has 0 radical (unpaired) electrons. The summed E-state index contributed by atoms with van der Waals surface area (Å²) < 4.78 is 15.8. The summed E-state index contributed by atoms with van der Waals surface area (Å²) in [4.78, 5) is 22.0. The van der Waals surface area contributed by atoms with Crippen molar-refractivity contribution in [1.82, 2.24) is 19.2 Å². The summed E-state index contributed by atoms with van der Waals surface area (Å²) in [5.41, 5.74) is 6.41. The van der Waals surface area contributed by atoms with Crippen molar-refractivity contribution in [1.29, 1.82) is 5.26 Å². The zero-order chi connectivity index (χ0) is 27.6. The van der Waals surface area contributed by atoms with E-state index in [1.807, 2.05) is 66.9 Å². The Morgan fingerprint density at radius 1 is 0.925 bits per heavy atom. The molecule has 3 heterocycles. The third-order valence-corrected chi connectivity index (χ3v) is 7.55. The van der Waals surface area contributed by atoms with E-state index in [0.29, 0.717) is 48.9 Å². The van der Waals surface area contributed by atoms with Crippen molar-refractivity contribution in [3.63, 3.8) is 0 Å². The molecule has 40 heavy (non-hydrogen) atoms. The molecule has 2 aromatic heterocycles. The van der Waals surface area contributed by atoms with Gasteiger partial charge in [0.1, 0.15) is 11.5 Å². The number of amides is 1. The van der Waals surface area contributed by atoms with E-state index < -0.39 is 5.82 Å². The fraction of sp³-hybridized carbons (Fsp3) is 0.156. The molecule has 1 aliphatic heterocycles. The van der Waals surface area contributed by atoms with Gasteiger partial charge in [0.2, 0.25) is 0 Å². The summed E-state index contributed by atoms with van der Waals surface area (Å²) in [7, 11) is 0. The predicted octanol–water partition coefficient (Wildman–Crippen LogP) is 6.29. The van der Waals surface area contributed by atoms with Gasteiger partial charge in [0, 0.05) is 60.6 Å². The quantitative estimate of drug-likeness (QED) is 0.258. The molecule has 0 unspecified atom stereocenters. The van der Waals surface area contributed by atoms with Crippen molar-refractivity contribution in [2.45, 2.75) is 6.54 Å². The number of hydrogen-bond donors (Lipinski definition) is 0. The van der Waals surface area contributed by atoms with Gasteiger partial charge in [0.25, 0.3) is 5.91 Å². The number of nitriles is 1. The Balaban J connectivity index is 1.32. The number of fused-ring (bicyclic) bond motifs is 1. The van der Waals surface area contributed by atoms with Crippen molar-refractivity contribution >= 4 is 23.2 Å². The molecule has 6 nitrogen and oxygen atoms in total. The Labute approximate surface area is 236 Å². The third-order valence-electron chi connectivity index (χ3n) is 7.30. The van der Waals surface area contributed by atoms with Crippen LogP contribution in [0.3, 0.4) is 0 Å². The van der Waals surface area contributed by atoms with Crippen LogP contribution in [0, 0.1) is 17.1 Å². The minimum atomic E-state index is -0.413. The van der Waals surface area contributed by atoms with Gasteiger partial charge in [-0.2, -0.15) is 5.26 Å². The zero-order valence-corrected chi connectivity index (χ0v) is 22.4. The highest BCUT2D eigenvalue weighted by atomic mass is 35.5. The van der Waals surface area contributed by atoms with Gasteiger partial charge in [-0.1, -0.05) is 48.0 Å². The largest absolute Gasteiger partial charge is 0.336 e. The van der Waals surface area contributed by atoms with Crippen molar-refractivity contribution < 1.29 is 9.18 Å². The van der Waals surface area contributed by atoms with Crippen LogP contribution in [-0.4, -0.2) is 51.3 Å². The molecule has 6 rings (SSSR count). The van der Waals surface area contributed by atoms with Crippen molar-refractivity contribution in [2.75, 3.05) is 26.2 Å². The molecule has 5 aromatic rings. The highest BCUT2D eigenvalue weighted by Gasteiger charge is 2.25. The van der Waals surface area contributed by atoms with Crippen LogP contribution in [0.25, 0.3) is 28.0 Å². The van der Waals surface area contributed by atoms with E-state index in [0.717, 1.165) is 33.7 Å². The molecule has 0 N–H and O–H groups in total. The number of aromatic nitrogens is 2. The summed E-state index contributed by atoms with van der Waals surface area (Å²) in [6, 6.07) is 27.3. The number of halogens is 2. The van der Waals surface area contributed by atoms with Crippen LogP contribution in [0.5, 0.6) is 0 Å². The average molecular weight is 550 g/mol. The molecule has 0 spiro atoms. The van der Waals surface area contributed by atoms with E-state index in [1.165, 1.54) is 12.1 Å². The van der Waals surface area contributed by atoms with E-state index in [9.17, 15) is 14.4 Å². The molecule has 1 aliphatic rings. The Morgan fingerprint density at radius 3 is 2.42 bits per heavy atom. The van der Waals surface area contributed by atoms with Crippen LogP contribution in [0.1, 0.15) is 21.6 Å². The zero-order valence-electron chi connectivity index (χ0n) is 21.6. The minimum absolute atomic E-state index is 0.156.